The zero-order valence-electron chi connectivity index (χ0n) is 9.51. The third kappa shape index (κ3) is 3.60. The molecule has 0 aliphatic heterocycles. The van der Waals surface area contributed by atoms with E-state index in [1.165, 1.54) is 19.1 Å². The molecule has 0 aliphatic rings. The van der Waals surface area contributed by atoms with Crippen molar-refractivity contribution in [3.05, 3.63) is 29.8 Å². The van der Waals surface area contributed by atoms with Gasteiger partial charge in [-0.3, -0.25) is 4.79 Å². The zero-order chi connectivity index (χ0) is 14.8. The van der Waals surface area contributed by atoms with E-state index in [4.69, 9.17) is 5.11 Å². The summed E-state index contributed by atoms with van der Waals surface area (Å²) in [6, 6.07) is 4.27. The summed E-state index contributed by atoms with van der Waals surface area (Å²) >= 11 is 0. The molecule has 19 heavy (non-hydrogen) atoms. The maximum Gasteiger partial charge on any atom is 0.534 e. The number of hydrogen-bond donors (Lipinski definition) is 1. The number of alkyl halides is 3. The third-order valence-electron chi connectivity index (χ3n) is 2.24. The fraction of sp³-hybridized carbons (Fsp3) is 0.300. The van der Waals surface area contributed by atoms with Crippen LogP contribution < -0.4 is 4.18 Å². The Kier molecular flexibility index (Phi) is 4.09. The lowest BCUT2D eigenvalue weighted by Gasteiger charge is -2.10. The van der Waals surface area contributed by atoms with Gasteiger partial charge in [0, 0.05) is 0 Å². The topological polar surface area (TPSA) is 80.7 Å². The second-order valence-corrected chi connectivity index (χ2v) is 5.15. The van der Waals surface area contributed by atoms with Crippen molar-refractivity contribution in [3.63, 3.8) is 0 Å². The third-order valence-corrected chi connectivity index (χ3v) is 3.22. The summed E-state index contributed by atoms with van der Waals surface area (Å²) in [4.78, 5) is 10.7. The van der Waals surface area contributed by atoms with Crippen LogP contribution in [-0.4, -0.2) is 25.0 Å². The predicted molar refractivity (Wildman–Crippen MR) is 58.1 cm³/mol. The van der Waals surface area contributed by atoms with Gasteiger partial charge in [-0.15, -0.1) is 0 Å². The first-order valence-corrected chi connectivity index (χ1v) is 6.29. The second-order valence-electron chi connectivity index (χ2n) is 3.61. The minimum absolute atomic E-state index is 0.309. The normalized spacial score (nSPS) is 13.9. The Labute approximate surface area is 106 Å². The Balaban J connectivity index is 2.93. The Bertz CT molecular complexity index is 562. The summed E-state index contributed by atoms with van der Waals surface area (Å²) in [6.45, 7) is 1.38. The van der Waals surface area contributed by atoms with E-state index < -0.39 is 33.3 Å². The molecule has 0 fully saturated rings. The van der Waals surface area contributed by atoms with Crippen LogP contribution >= 0.6 is 0 Å². The van der Waals surface area contributed by atoms with E-state index in [0.29, 0.717) is 5.56 Å². The molecule has 0 aromatic heterocycles. The van der Waals surface area contributed by atoms with Crippen molar-refractivity contribution in [2.24, 2.45) is 0 Å². The molecule has 0 aliphatic carbocycles. The van der Waals surface area contributed by atoms with Crippen LogP contribution in [0.5, 0.6) is 5.75 Å². The van der Waals surface area contributed by atoms with Gasteiger partial charge in [-0.1, -0.05) is 12.1 Å². The Hall–Kier alpha value is -1.77. The first-order chi connectivity index (χ1) is 8.54. The van der Waals surface area contributed by atoms with Crippen LogP contribution in [0.25, 0.3) is 0 Å². The highest BCUT2D eigenvalue weighted by Gasteiger charge is 2.48. The van der Waals surface area contributed by atoms with Crippen molar-refractivity contribution in [2.45, 2.75) is 18.3 Å². The monoisotopic (exact) mass is 298 g/mol. The van der Waals surface area contributed by atoms with Gasteiger partial charge < -0.3 is 9.29 Å². The summed E-state index contributed by atoms with van der Waals surface area (Å²) in [5, 5.41) is 8.72. The molecule has 0 unspecified atom stereocenters. The van der Waals surface area contributed by atoms with Crippen molar-refractivity contribution in [1.82, 2.24) is 0 Å². The number of carbonyl (C=O) groups is 1. The van der Waals surface area contributed by atoms with Gasteiger partial charge in [0.05, 0.1) is 5.92 Å². The van der Waals surface area contributed by atoms with Crippen LogP contribution in [0.4, 0.5) is 13.2 Å². The average molecular weight is 298 g/mol. The number of benzene rings is 1. The van der Waals surface area contributed by atoms with Crippen molar-refractivity contribution < 1.29 is 35.7 Å². The Morgan fingerprint density at radius 2 is 1.74 bits per heavy atom. The summed E-state index contributed by atoms with van der Waals surface area (Å²) in [5.41, 5.74) is -5.20. The standard InChI is InChI=1S/C10H9F3O5S/c1-6(9(14)15)7-2-4-8(5-3-7)18-19(16,17)10(11,12)13/h2-6H,1H3,(H,14,15)/t6-/m1/s1. The summed E-state index contributed by atoms with van der Waals surface area (Å²) in [6.07, 6.45) is 0. The van der Waals surface area contributed by atoms with Gasteiger partial charge in [-0.2, -0.15) is 21.6 Å². The molecule has 0 heterocycles. The van der Waals surface area contributed by atoms with Crippen molar-refractivity contribution >= 4 is 16.1 Å². The number of carboxylic acids is 1. The lowest BCUT2D eigenvalue weighted by Crippen LogP contribution is -2.28. The highest BCUT2D eigenvalue weighted by molar-refractivity contribution is 7.87. The molecule has 0 radical (unpaired) electrons. The molecule has 1 aromatic carbocycles. The van der Waals surface area contributed by atoms with E-state index in [1.807, 2.05) is 0 Å². The Morgan fingerprint density at radius 3 is 2.11 bits per heavy atom. The molecule has 1 aromatic rings. The smallest absolute Gasteiger partial charge is 0.481 e. The van der Waals surface area contributed by atoms with E-state index in [9.17, 15) is 26.4 Å². The van der Waals surface area contributed by atoms with Crippen molar-refractivity contribution in [3.8, 4) is 5.75 Å². The fourth-order valence-corrected chi connectivity index (χ4v) is 1.59. The number of hydrogen-bond acceptors (Lipinski definition) is 4. The minimum atomic E-state index is -5.72. The number of carboxylic acid groups (broad SMARTS) is 1. The number of aliphatic carboxylic acids is 1. The quantitative estimate of drug-likeness (QED) is 0.680. The Morgan fingerprint density at radius 1 is 1.26 bits per heavy atom. The lowest BCUT2D eigenvalue weighted by molar-refractivity contribution is -0.138. The molecule has 1 atom stereocenters. The van der Waals surface area contributed by atoms with E-state index in [1.54, 1.807) is 0 Å². The first-order valence-electron chi connectivity index (χ1n) is 4.88. The van der Waals surface area contributed by atoms with Gasteiger partial charge in [0.15, 0.2) is 0 Å². The van der Waals surface area contributed by atoms with Crippen molar-refractivity contribution in [2.75, 3.05) is 0 Å². The summed E-state index contributed by atoms with van der Waals surface area (Å²) in [7, 11) is -5.72. The number of rotatable bonds is 4. The molecule has 9 heteroatoms. The van der Waals surface area contributed by atoms with Gasteiger partial charge in [0.25, 0.3) is 0 Å². The fourth-order valence-electron chi connectivity index (χ4n) is 1.13. The lowest BCUT2D eigenvalue weighted by atomic mass is 10.0. The van der Waals surface area contributed by atoms with Crippen LogP contribution in [0.2, 0.25) is 0 Å². The highest BCUT2D eigenvalue weighted by atomic mass is 32.2. The highest BCUT2D eigenvalue weighted by Crippen LogP contribution is 2.27. The van der Waals surface area contributed by atoms with E-state index in [0.717, 1.165) is 12.1 Å². The van der Waals surface area contributed by atoms with E-state index >= 15 is 0 Å². The van der Waals surface area contributed by atoms with Crippen LogP contribution in [0.15, 0.2) is 24.3 Å². The molecule has 0 spiro atoms. The SMILES string of the molecule is C[C@@H](C(=O)O)c1ccc(OS(=O)(=O)C(F)(F)F)cc1. The molecule has 0 bridgehead atoms. The maximum absolute atomic E-state index is 12.0. The van der Waals surface area contributed by atoms with Crippen LogP contribution in [0.3, 0.4) is 0 Å². The molecule has 0 amide bonds. The molecule has 1 N–H and O–H groups in total. The average Bonchev–Trinajstić information content (AvgIpc) is 2.27. The van der Waals surface area contributed by atoms with Gasteiger partial charge >= 0.3 is 21.6 Å². The van der Waals surface area contributed by atoms with Gasteiger partial charge in [0.2, 0.25) is 0 Å². The molecule has 1 rings (SSSR count). The second kappa shape index (κ2) is 5.08. The first kappa shape index (κ1) is 15.3. The molecular weight excluding hydrogens is 289 g/mol. The van der Waals surface area contributed by atoms with Crippen LogP contribution in [0, 0.1) is 0 Å². The largest absolute Gasteiger partial charge is 0.534 e. The molecule has 106 valence electrons. The van der Waals surface area contributed by atoms with E-state index in [2.05, 4.69) is 4.18 Å². The zero-order valence-corrected chi connectivity index (χ0v) is 10.3. The maximum atomic E-state index is 12.0. The molecular formula is C10H9F3O5S. The minimum Gasteiger partial charge on any atom is -0.481 e. The number of halogens is 3. The molecule has 5 nitrogen and oxygen atoms in total. The molecule has 0 saturated carbocycles. The van der Waals surface area contributed by atoms with E-state index in [-0.39, 0.29) is 0 Å². The molecule has 0 saturated heterocycles. The predicted octanol–water partition coefficient (Wildman–Crippen LogP) is 2.10. The van der Waals surface area contributed by atoms with Crippen molar-refractivity contribution in [1.29, 1.82) is 0 Å². The van der Waals surface area contributed by atoms with Gasteiger partial charge in [0.1, 0.15) is 5.75 Å². The van der Waals surface area contributed by atoms with Gasteiger partial charge in [-0.05, 0) is 24.6 Å². The van der Waals surface area contributed by atoms with Crippen LogP contribution in [0.1, 0.15) is 18.4 Å². The van der Waals surface area contributed by atoms with Gasteiger partial charge in [-0.25, -0.2) is 0 Å². The summed E-state index contributed by atoms with van der Waals surface area (Å²) in [5.74, 6) is -2.52. The summed E-state index contributed by atoms with van der Waals surface area (Å²) < 4.78 is 61.4. The van der Waals surface area contributed by atoms with Crippen LogP contribution in [-0.2, 0) is 14.9 Å².